The molecule has 17 heavy (non-hydrogen) atoms. The zero-order chi connectivity index (χ0) is 12.1. The van der Waals surface area contributed by atoms with Crippen molar-refractivity contribution < 1.29 is 0 Å². The van der Waals surface area contributed by atoms with E-state index >= 15 is 0 Å². The number of hydrogen-bond acceptors (Lipinski definition) is 6. The summed E-state index contributed by atoms with van der Waals surface area (Å²) >= 11 is 5.79. The van der Waals surface area contributed by atoms with Crippen LogP contribution in [0.3, 0.4) is 0 Å². The van der Waals surface area contributed by atoms with Gasteiger partial charge in [-0.2, -0.15) is 15.0 Å². The van der Waals surface area contributed by atoms with Crippen LogP contribution in [0, 0.1) is 0 Å². The van der Waals surface area contributed by atoms with Crippen LogP contribution in [0.4, 0.5) is 17.7 Å². The van der Waals surface area contributed by atoms with Gasteiger partial charge in [-0.25, -0.2) is 4.98 Å². The summed E-state index contributed by atoms with van der Waals surface area (Å²) < 4.78 is 0. The lowest BCUT2D eigenvalue weighted by Gasteiger charge is -2.06. The Bertz CT molecular complexity index is 489. The molecular formula is C10H11ClN6. The van der Waals surface area contributed by atoms with Crippen LogP contribution >= 0.6 is 11.6 Å². The van der Waals surface area contributed by atoms with Crippen molar-refractivity contribution in [2.45, 2.75) is 6.92 Å². The van der Waals surface area contributed by atoms with Gasteiger partial charge in [-0.05, 0) is 30.7 Å². The molecule has 2 aromatic rings. The highest BCUT2D eigenvalue weighted by molar-refractivity contribution is 6.28. The lowest BCUT2D eigenvalue weighted by Crippen LogP contribution is -2.06. The van der Waals surface area contributed by atoms with Gasteiger partial charge in [-0.15, -0.1) is 0 Å². The summed E-state index contributed by atoms with van der Waals surface area (Å²) in [6.07, 6.45) is 1.68. The topological polar surface area (TPSA) is 75.6 Å². The molecule has 0 aromatic carbocycles. The van der Waals surface area contributed by atoms with Crippen molar-refractivity contribution in [1.82, 2.24) is 19.9 Å². The van der Waals surface area contributed by atoms with Gasteiger partial charge in [0.05, 0.1) is 0 Å². The standard InChI is InChI=1S/C10H11ClN6/c1-2-12-9-15-8(11)16-10(17-9)14-7-5-3-4-6-13-7/h3-6H,2H2,1H3,(H2,12,13,14,15,16,17). The minimum atomic E-state index is 0.134. The van der Waals surface area contributed by atoms with Crippen LogP contribution in [-0.2, 0) is 0 Å². The van der Waals surface area contributed by atoms with E-state index in [2.05, 4.69) is 30.6 Å². The van der Waals surface area contributed by atoms with Crippen molar-refractivity contribution in [1.29, 1.82) is 0 Å². The first kappa shape index (κ1) is 11.5. The molecule has 0 unspecified atom stereocenters. The number of pyridine rings is 1. The van der Waals surface area contributed by atoms with E-state index in [1.165, 1.54) is 0 Å². The third-order valence-electron chi connectivity index (χ3n) is 1.85. The Kier molecular flexibility index (Phi) is 3.66. The molecule has 0 saturated heterocycles. The van der Waals surface area contributed by atoms with E-state index in [0.29, 0.717) is 24.3 Å². The lowest BCUT2D eigenvalue weighted by atomic mass is 10.5. The molecule has 0 saturated carbocycles. The van der Waals surface area contributed by atoms with Gasteiger partial charge in [0.15, 0.2) is 0 Å². The zero-order valence-corrected chi connectivity index (χ0v) is 9.94. The van der Waals surface area contributed by atoms with Crippen LogP contribution in [0.5, 0.6) is 0 Å². The highest BCUT2D eigenvalue weighted by Gasteiger charge is 2.04. The van der Waals surface area contributed by atoms with Crippen molar-refractivity contribution in [2.24, 2.45) is 0 Å². The first-order valence-corrected chi connectivity index (χ1v) is 5.49. The van der Waals surface area contributed by atoms with Crippen LogP contribution in [0.25, 0.3) is 0 Å². The number of halogens is 1. The summed E-state index contributed by atoms with van der Waals surface area (Å²) in [6, 6.07) is 5.50. The monoisotopic (exact) mass is 250 g/mol. The molecule has 0 aliphatic heterocycles. The Labute approximate surface area is 103 Å². The fourth-order valence-corrected chi connectivity index (χ4v) is 1.35. The minimum absolute atomic E-state index is 0.134. The van der Waals surface area contributed by atoms with Crippen LogP contribution in [0.1, 0.15) is 6.92 Å². The van der Waals surface area contributed by atoms with E-state index in [9.17, 15) is 0 Å². The Morgan fingerprint density at radius 1 is 1.18 bits per heavy atom. The number of anilines is 3. The Hall–Kier alpha value is -1.95. The number of nitrogens with one attached hydrogen (secondary N) is 2. The average molecular weight is 251 g/mol. The number of hydrogen-bond donors (Lipinski definition) is 2. The number of nitrogens with zero attached hydrogens (tertiary/aromatic N) is 4. The summed E-state index contributed by atoms with van der Waals surface area (Å²) in [5, 5.41) is 6.05. The molecule has 0 fully saturated rings. The van der Waals surface area contributed by atoms with Crippen molar-refractivity contribution in [3.63, 3.8) is 0 Å². The van der Waals surface area contributed by atoms with Crippen LogP contribution in [-0.4, -0.2) is 26.5 Å². The third kappa shape index (κ3) is 3.25. The molecule has 0 aliphatic rings. The quantitative estimate of drug-likeness (QED) is 0.866. The first-order chi connectivity index (χ1) is 8.28. The highest BCUT2D eigenvalue weighted by atomic mass is 35.5. The normalized spacial score (nSPS) is 10.0. The van der Waals surface area contributed by atoms with E-state index in [-0.39, 0.29) is 5.28 Å². The average Bonchev–Trinajstić information content (AvgIpc) is 2.30. The molecule has 0 atom stereocenters. The van der Waals surface area contributed by atoms with Gasteiger partial charge >= 0.3 is 0 Å². The Morgan fingerprint density at radius 3 is 2.71 bits per heavy atom. The summed E-state index contributed by atoms with van der Waals surface area (Å²) in [4.78, 5) is 16.2. The van der Waals surface area contributed by atoms with Gasteiger partial charge in [0, 0.05) is 12.7 Å². The largest absolute Gasteiger partial charge is 0.354 e. The van der Waals surface area contributed by atoms with E-state index in [1.54, 1.807) is 6.20 Å². The van der Waals surface area contributed by atoms with E-state index in [4.69, 9.17) is 11.6 Å². The maximum atomic E-state index is 5.79. The van der Waals surface area contributed by atoms with E-state index in [0.717, 1.165) is 0 Å². The molecule has 0 aliphatic carbocycles. The molecular weight excluding hydrogens is 240 g/mol. The molecule has 6 nitrogen and oxygen atoms in total. The van der Waals surface area contributed by atoms with Crippen LogP contribution in [0.2, 0.25) is 5.28 Å². The van der Waals surface area contributed by atoms with Gasteiger partial charge < -0.3 is 10.6 Å². The maximum absolute atomic E-state index is 5.79. The molecule has 2 heterocycles. The summed E-state index contributed by atoms with van der Waals surface area (Å²) in [5.41, 5.74) is 0. The Balaban J connectivity index is 2.21. The molecule has 7 heteroatoms. The second-order valence-corrected chi connectivity index (χ2v) is 3.46. The third-order valence-corrected chi connectivity index (χ3v) is 2.02. The molecule has 0 amide bonds. The van der Waals surface area contributed by atoms with Crippen molar-refractivity contribution in [3.05, 3.63) is 29.7 Å². The van der Waals surface area contributed by atoms with Gasteiger partial charge in [-0.1, -0.05) is 6.07 Å². The molecule has 0 bridgehead atoms. The fourth-order valence-electron chi connectivity index (χ4n) is 1.19. The molecule has 88 valence electrons. The van der Waals surface area contributed by atoms with Gasteiger partial charge in [0.1, 0.15) is 5.82 Å². The highest BCUT2D eigenvalue weighted by Crippen LogP contribution is 2.13. The van der Waals surface area contributed by atoms with E-state index in [1.807, 2.05) is 25.1 Å². The predicted molar refractivity (Wildman–Crippen MR) is 66.5 cm³/mol. The van der Waals surface area contributed by atoms with Gasteiger partial charge in [0.2, 0.25) is 17.2 Å². The summed E-state index contributed by atoms with van der Waals surface area (Å²) in [6.45, 7) is 2.66. The van der Waals surface area contributed by atoms with Crippen molar-refractivity contribution >= 4 is 29.3 Å². The van der Waals surface area contributed by atoms with Crippen LogP contribution < -0.4 is 10.6 Å². The van der Waals surface area contributed by atoms with Crippen LogP contribution in [0.15, 0.2) is 24.4 Å². The molecule has 0 spiro atoms. The number of rotatable bonds is 4. The minimum Gasteiger partial charge on any atom is -0.354 e. The van der Waals surface area contributed by atoms with Crippen molar-refractivity contribution in [2.75, 3.05) is 17.2 Å². The van der Waals surface area contributed by atoms with E-state index < -0.39 is 0 Å². The Morgan fingerprint density at radius 2 is 2.00 bits per heavy atom. The fraction of sp³-hybridized carbons (Fsp3) is 0.200. The zero-order valence-electron chi connectivity index (χ0n) is 9.18. The van der Waals surface area contributed by atoms with Crippen molar-refractivity contribution in [3.8, 4) is 0 Å². The second kappa shape index (κ2) is 5.40. The molecule has 2 rings (SSSR count). The molecule has 0 radical (unpaired) electrons. The second-order valence-electron chi connectivity index (χ2n) is 3.12. The SMILES string of the molecule is CCNc1nc(Cl)nc(Nc2ccccn2)n1. The molecule has 2 aromatic heterocycles. The number of aromatic nitrogens is 4. The van der Waals surface area contributed by atoms with Gasteiger partial charge in [0.25, 0.3) is 0 Å². The smallest absolute Gasteiger partial charge is 0.234 e. The first-order valence-electron chi connectivity index (χ1n) is 5.11. The lowest BCUT2D eigenvalue weighted by molar-refractivity contribution is 1.02. The maximum Gasteiger partial charge on any atom is 0.234 e. The summed E-state index contributed by atoms with van der Waals surface area (Å²) in [5.74, 6) is 1.45. The predicted octanol–water partition coefficient (Wildman–Crippen LogP) is 2.10. The van der Waals surface area contributed by atoms with Gasteiger partial charge in [-0.3, -0.25) is 0 Å². The molecule has 2 N–H and O–H groups in total. The summed E-state index contributed by atoms with van der Waals surface area (Å²) in [7, 11) is 0.